The molecule has 1 aromatic heterocycles. The number of amides is 1. The SMILES string of the molecule is O=C(Cc1cccnc1)N1CCO[C@@H](CCCc2ccccc2)C1. The van der Waals surface area contributed by atoms with Crippen molar-refractivity contribution in [2.24, 2.45) is 0 Å². The molecular weight excluding hydrogens is 300 g/mol. The number of hydrogen-bond donors (Lipinski definition) is 0. The monoisotopic (exact) mass is 324 g/mol. The van der Waals surface area contributed by atoms with Crippen LogP contribution in [0.25, 0.3) is 0 Å². The van der Waals surface area contributed by atoms with Crippen LogP contribution in [0.2, 0.25) is 0 Å². The van der Waals surface area contributed by atoms with Crippen molar-refractivity contribution in [3.05, 3.63) is 66.0 Å². The molecule has 0 saturated carbocycles. The van der Waals surface area contributed by atoms with Gasteiger partial charge in [0.2, 0.25) is 5.91 Å². The van der Waals surface area contributed by atoms with E-state index >= 15 is 0 Å². The summed E-state index contributed by atoms with van der Waals surface area (Å²) in [6.07, 6.45) is 7.20. The lowest BCUT2D eigenvalue weighted by molar-refractivity contribution is -0.138. The number of benzene rings is 1. The first-order chi connectivity index (χ1) is 11.8. The van der Waals surface area contributed by atoms with Crippen molar-refractivity contribution in [1.82, 2.24) is 9.88 Å². The number of aryl methyl sites for hydroxylation is 1. The quantitative estimate of drug-likeness (QED) is 0.820. The topological polar surface area (TPSA) is 42.4 Å². The van der Waals surface area contributed by atoms with E-state index in [1.807, 2.05) is 23.1 Å². The molecule has 2 aromatic rings. The second-order valence-electron chi connectivity index (χ2n) is 6.25. The predicted octanol–water partition coefficient (Wildman–Crippen LogP) is 2.87. The van der Waals surface area contributed by atoms with Crippen LogP contribution in [0, 0.1) is 0 Å². The van der Waals surface area contributed by atoms with Gasteiger partial charge in [0.15, 0.2) is 0 Å². The van der Waals surface area contributed by atoms with Gasteiger partial charge in [0.25, 0.3) is 0 Å². The zero-order valence-corrected chi connectivity index (χ0v) is 13.9. The Bertz CT molecular complexity index is 631. The van der Waals surface area contributed by atoms with Gasteiger partial charge in [0, 0.05) is 25.5 Å². The molecule has 0 radical (unpaired) electrons. The van der Waals surface area contributed by atoms with Gasteiger partial charge >= 0.3 is 0 Å². The molecule has 1 aliphatic rings. The number of hydrogen-bond acceptors (Lipinski definition) is 3. The van der Waals surface area contributed by atoms with Crippen molar-refractivity contribution in [3.63, 3.8) is 0 Å². The second kappa shape index (κ2) is 8.60. The Hall–Kier alpha value is -2.20. The van der Waals surface area contributed by atoms with Crippen molar-refractivity contribution in [2.45, 2.75) is 31.8 Å². The standard InChI is InChI=1S/C20H24N2O2/c23-20(14-18-9-5-11-21-15-18)22-12-13-24-19(16-22)10-4-8-17-6-2-1-3-7-17/h1-3,5-7,9,11,15,19H,4,8,10,12-14,16H2/t19-/m0/s1. The zero-order chi connectivity index (χ0) is 16.6. The number of carbonyl (C=O) groups excluding carboxylic acids is 1. The summed E-state index contributed by atoms with van der Waals surface area (Å²) < 4.78 is 5.84. The summed E-state index contributed by atoms with van der Waals surface area (Å²) in [5, 5.41) is 0. The summed E-state index contributed by atoms with van der Waals surface area (Å²) in [4.78, 5) is 18.5. The number of pyridine rings is 1. The normalized spacial score (nSPS) is 17.7. The van der Waals surface area contributed by atoms with E-state index in [0.29, 0.717) is 26.1 Å². The molecule has 1 atom stereocenters. The molecule has 1 fully saturated rings. The Labute approximate surface area is 143 Å². The Morgan fingerprint density at radius 2 is 2.00 bits per heavy atom. The highest BCUT2D eigenvalue weighted by molar-refractivity contribution is 5.78. The highest BCUT2D eigenvalue weighted by Gasteiger charge is 2.23. The first-order valence-electron chi connectivity index (χ1n) is 8.63. The van der Waals surface area contributed by atoms with Crippen molar-refractivity contribution >= 4 is 5.91 Å². The Kier molecular flexibility index (Phi) is 5.96. The first kappa shape index (κ1) is 16.7. The maximum atomic E-state index is 12.5. The minimum absolute atomic E-state index is 0.153. The fourth-order valence-corrected chi connectivity index (χ4v) is 3.09. The van der Waals surface area contributed by atoms with E-state index in [2.05, 4.69) is 29.2 Å². The highest BCUT2D eigenvalue weighted by atomic mass is 16.5. The van der Waals surface area contributed by atoms with Gasteiger partial charge in [0.1, 0.15) is 0 Å². The van der Waals surface area contributed by atoms with Gasteiger partial charge in [-0.05, 0) is 36.5 Å². The van der Waals surface area contributed by atoms with E-state index in [4.69, 9.17) is 4.74 Å². The third-order valence-corrected chi connectivity index (χ3v) is 4.40. The van der Waals surface area contributed by atoms with Crippen molar-refractivity contribution in [2.75, 3.05) is 19.7 Å². The lowest BCUT2D eigenvalue weighted by atomic mass is 10.0. The van der Waals surface area contributed by atoms with E-state index < -0.39 is 0 Å². The fourth-order valence-electron chi connectivity index (χ4n) is 3.09. The van der Waals surface area contributed by atoms with Gasteiger partial charge in [-0.25, -0.2) is 0 Å². The van der Waals surface area contributed by atoms with Crippen molar-refractivity contribution in [3.8, 4) is 0 Å². The third kappa shape index (κ3) is 4.90. The molecule has 1 saturated heterocycles. The Morgan fingerprint density at radius 3 is 2.79 bits per heavy atom. The van der Waals surface area contributed by atoms with E-state index in [1.165, 1.54) is 5.56 Å². The molecule has 0 N–H and O–H groups in total. The molecular formula is C20H24N2O2. The van der Waals surface area contributed by atoms with Crippen LogP contribution in [-0.4, -0.2) is 41.6 Å². The molecule has 1 aliphatic heterocycles. The minimum atomic E-state index is 0.153. The lowest BCUT2D eigenvalue weighted by Gasteiger charge is -2.33. The molecule has 1 aromatic carbocycles. The molecule has 1 amide bonds. The molecule has 0 spiro atoms. The van der Waals surface area contributed by atoms with Crippen LogP contribution in [0.5, 0.6) is 0 Å². The largest absolute Gasteiger partial charge is 0.375 e. The molecule has 126 valence electrons. The van der Waals surface area contributed by atoms with Crippen molar-refractivity contribution < 1.29 is 9.53 Å². The summed E-state index contributed by atoms with van der Waals surface area (Å²) in [6.45, 7) is 2.02. The average molecular weight is 324 g/mol. The second-order valence-corrected chi connectivity index (χ2v) is 6.25. The van der Waals surface area contributed by atoms with E-state index in [9.17, 15) is 4.79 Å². The molecule has 4 heteroatoms. The average Bonchev–Trinajstić information content (AvgIpc) is 2.64. The highest BCUT2D eigenvalue weighted by Crippen LogP contribution is 2.14. The maximum absolute atomic E-state index is 12.5. The summed E-state index contributed by atoms with van der Waals surface area (Å²) in [6, 6.07) is 14.3. The van der Waals surface area contributed by atoms with Gasteiger partial charge < -0.3 is 9.64 Å². The smallest absolute Gasteiger partial charge is 0.227 e. The number of rotatable bonds is 6. The lowest BCUT2D eigenvalue weighted by Crippen LogP contribution is -2.46. The van der Waals surface area contributed by atoms with Crippen LogP contribution in [0.4, 0.5) is 0 Å². The van der Waals surface area contributed by atoms with Crippen LogP contribution in [-0.2, 0) is 22.4 Å². The van der Waals surface area contributed by atoms with Crippen LogP contribution in [0.1, 0.15) is 24.0 Å². The molecule has 3 rings (SSSR count). The van der Waals surface area contributed by atoms with Gasteiger partial charge in [0.05, 0.1) is 19.1 Å². The van der Waals surface area contributed by atoms with Crippen LogP contribution in [0.15, 0.2) is 54.9 Å². The van der Waals surface area contributed by atoms with Crippen LogP contribution >= 0.6 is 0 Å². The van der Waals surface area contributed by atoms with Crippen LogP contribution in [0.3, 0.4) is 0 Å². The zero-order valence-electron chi connectivity index (χ0n) is 13.9. The molecule has 0 aliphatic carbocycles. The molecule has 4 nitrogen and oxygen atoms in total. The summed E-state index contributed by atoms with van der Waals surface area (Å²) >= 11 is 0. The number of morpholine rings is 1. The minimum Gasteiger partial charge on any atom is -0.375 e. The van der Waals surface area contributed by atoms with Crippen molar-refractivity contribution in [1.29, 1.82) is 0 Å². The predicted molar refractivity (Wildman–Crippen MR) is 93.6 cm³/mol. The third-order valence-electron chi connectivity index (χ3n) is 4.40. The van der Waals surface area contributed by atoms with Gasteiger partial charge in [-0.15, -0.1) is 0 Å². The van der Waals surface area contributed by atoms with Crippen LogP contribution < -0.4 is 0 Å². The number of nitrogens with zero attached hydrogens (tertiary/aromatic N) is 2. The first-order valence-corrected chi connectivity index (χ1v) is 8.63. The van der Waals surface area contributed by atoms with Gasteiger partial charge in [-0.1, -0.05) is 36.4 Å². The molecule has 0 bridgehead atoms. The number of ether oxygens (including phenoxy) is 1. The summed E-state index contributed by atoms with van der Waals surface area (Å²) in [7, 11) is 0. The Balaban J connectivity index is 1.44. The van der Waals surface area contributed by atoms with Gasteiger partial charge in [-0.2, -0.15) is 0 Å². The van der Waals surface area contributed by atoms with E-state index in [1.54, 1.807) is 12.4 Å². The fraction of sp³-hybridized carbons (Fsp3) is 0.400. The summed E-state index contributed by atoms with van der Waals surface area (Å²) in [5.74, 6) is 0.166. The molecule has 24 heavy (non-hydrogen) atoms. The van der Waals surface area contributed by atoms with E-state index in [0.717, 1.165) is 24.8 Å². The van der Waals surface area contributed by atoms with Gasteiger partial charge in [-0.3, -0.25) is 9.78 Å². The number of carbonyl (C=O) groups is 1. The summed E-state index contributed by atoms with van der Waals surface area (Å²) in [5.41, 5.74) is 2.33. The van der Waals surface area contributed by atoms with E-state index in [-0.39, 0.29) is 12.0 Å². The molecule has 2 heterocycles. The molecule has 0 unspecified atom stereocenters. The maximum Gasteiger partial charge on any atom is 0.227 e. The number of aromatic nitrogens is 1. The Morgan fingerprint density at radius 1 is 1.17 bits per heavy atom.